The molecule has 0 spiro atoms. The molecule has 2 fully saturated rings. The van der Waals surface area contributed by atoms with E-state index in [-0.39, 0.29) is 29.4 Å². The number of aliphatic hydroxyl groups is 1. The van der Waals surface area contributed by atoms with Gasteiger partial charge < -0.3 is 5.11 Å². The molecule has 0 bridgehead atoms. The molecule has 4 aliphatic carbocycles. The topological polar surface area (TPSA) is 71.4 Å². The van der Waals surface area contributed by atoms with Crippen LogP contribution in [0.5, 0.6) is 0 Å². The zero-order valence-electron chi connectivity index (χ0n) is 20.5. The minimum Gasteiger partial charge on any atom is -0.383 e. The van der Waals surface area contributed by atoms with Crippen LogP contribution in [-0.2, 0) is 14.6 Å². The Morgan fingerprint density at radius 3 is 2.24 bits per heavy atom. The van der Waals surface area contributed by atoms with Gasteiger partial charge >= 0.3 is 12.1 Å². The maximum absolute atomic E-state index is 15.0. The predicted molar refractivity (Wildman–Crippen MR) is 126 cm³/mol. The monoisotopic (exact) mass is 544 g/mol. The van der Waals surface area contributed by atoms with Gasteiger partial charge in [0.2, 0.25) is 0 Å². The van der Waals surface area contributed by atoms with Crippen molar-refractivity contribution in [2.24, 2.45) is 17.3 Å². The van der Waals surface area contributed by atoms with Crippen LogP contribution in [0.1, 0.15) is 63.4 Å². The van der Waals surface area contributed by atoms with Crippen molar-refractivity contribution in [1.82, 2.24) is 0 Å². The van der Waals surface area contributed by atoms with Gasteiger partial charge in [0, 0.05) is 24.0 Å². The fourth-order valence-electron chi connectivity index (χ4n) is 7.66. The molecule has 4 nitrogen and oxygen atoms in total. The summed E-state index contributed by atoms with van der Waals surface area (Å²) >= 11 is 0. The molecule has 37 heavy (non-hydrogen) atoms. The average molecular weight is 545 g/mol. The standard InChI is InChI=1S/C27H29F5O4S/c1-24-14-21(15-3-7-18(8-4-15)37(2,35)36)23-19-10-6-17(33)13-16(19)5-9-20(23)22(24)11-12-25(24,34)26(28,29)27(30,31)32/h3-4,7-8,13,20-22,34H,5-6,9-12,14H2,1-2H3/t20-,21-,22-,24-,25-/m0/s1. The lowest BCUT2D eigenvalue weighted by atomic mass is 9.50. The summed E-state index contributed by atoms with van der Waals surface area (Å²) in [6.07, 6.45) is -2.22. The van der Waals surface area contributed by atoms with Gasteiger partial charge in [0.25, 0.3) is 0 Å². The quantitative estimate of drug-likeness (QED) is 0.480. The van der Waals surface area contributed by atoms with Crippen LogP contribution in [0.15, 0.2) is 52.0 Å². The molecule has 2 saturated carbocycles. The Bertz CT molecular complexity index is 1310. The molecule has 1 aromatic rings. The highest BCUT2D eigenvalue weighted by molar-refractivity contribution is 7.90. The third-order valence-corrected chi connectivity index (χ3v) is 10.6. The zero-order valence-corrected chi connectivity index (χ0v) is 21.4. The van der Waals surface area contributed by atoms with Crippen LogP contribution < -0.4 is 0 Å². The van der Waals surface area contributed by atoms with Gasteiger partial charge in [-0.1, -0.05) is 24.6 Å². The van der Waals surface area contributed by atoms with Gasteiger partial charge in [-0.25, -0.2) is 8.42 Å². The first-order chi connectivity index (χ1) is 17.0. The van der Waals surface area contributed by atoms with Crippen LogP contribution in [0.4, 0.5) is 22.0 Å². The Hall–Kier alpha value is -2.07. The maximum Gasteiger partial charge on any atom is 0.456 e. The summed E-state index contributed by atoms with van der Waals surface area (Å²) < 4.78 is 94.8. The molecule has 1 aromatic carbocycles. The number of carbonyl (C=O) groups is 1. The number of sulfone groups is 1. The molecule has 202 valence electrons. The van der Waals surface area contributed by atoms with Crippen molar-refractivity contribution in [1.29, 1.82) is 0 Å². The molecule has 4 aliphatic rings. The van der Waals surface area contributed by atoms with Crippen molar-refractivity contribution < 1.29 is 40.3 Å². The SMILES string of the molecule is C[C@]12C[C@@H](c3ccc(S(C)(=O)=O)cc3)C3=C4CCC(=O)C=C4CC[C@H]3[C@@H]1CC[C@@]2(O)C(F)(F)C(F)(F)F. The Morgan fingerprint density at radius 2 is 1.65 bits per heavy atom. The van der Waals surface area contributed by atoms with Crippen LogP contribution in [0.2, 0.25) is 0 Å². The Balaban J connectivity index is 1.69. The first kappa shape index (κ1) is 26.5. The number of hydrogen-bond acceptors (Lipinski definition) is 4. The third kappa shape index (κ3) is 3.76. The first-order valence-electron chi connectivity index (χ1n) is 12.4. The van der Waals surface area contributed by atoms with Gasteiger partial charge in [0.1, 0.15) is 5.60 Å². The molecule has 5 atom stereocenters. The van der Waals surface area contributed by atoms with Crippen LogP contribution in [0.3, 0.4) is 0 Å². The molecule has 0 unspecified atom stereocenters. The molecule has 1 N–H and O–H groups in total. The lowest BCUT2D eigenvalue weighted by molar-refractivity contribution is -0.362. The van der Waals surface area contributed by atoms with E-state index in [2.05, 4.69) is 0 Å². The van der Waals surface area contributed by atoms with E-state index in [9.17, 15) is 40.3 Å². The van der Waals surface area contributed by atoms with Crippen LogP contribution in [-0.4, -0.2) is 43.3 Å². The van der Waals surface area contributed by atoms with Crippen molar-refractivity contribution in [3.05, 3.63) is 52.6 Å². The number of benzene rings is 1. The van der Waals surface area contributed by atoms with E-state index >= 15 is 0 Å². The fraction of sp³-hybridized carbons (Fsp3) is 0.593. The summed E-state index contributed by atoms with van der Waals surface area (Å²) in [6.45, 7) is 1.36. The second-order valence-corrected chi connectivity index (χ2v) is 13.3. The fourth-order valence-corrected chi connectivity index (χ4v) is 8.29. The summed E-state index contributed by atoms with van der Waals surface area (Å²) in [5, 5.41) is 11.3. The third-order valence-electron chi connectivity index (χ3n) is 9.47. The molecule has 0 amide bonds. The number of hydrogen-bond donors (Lipinski definition) is 1. The Morgan fingerprint density at radius 1 is 1.00 bits per heavy atom. The van der Waals surface area contributed by atoms with E-state index in [0.29, 0.717) is 31.2 Å². The molecule has 0 heterocycles. The van der Waals surface area contributed by atoms with Crippen molar-refractivity contribution in [2.45, 2.75) is 80.4 Å². The van der Waals surface area contributed by atoms with E-state index in [1.54, 1.807) is 18.2 Å². The lowest BCUT2D eigenvalue weighted by Crippen LogP contribution is -2.65. The minimum atomic E-state index is -5.91. The van der Waals surface area contributed by atoms with Crippen LogP contribution >= 0.6 is 0 Å². The van der Waals surface area contributed by atoms with Gasteiger partial charge in [-0.05, 0) is 85.3 Å². The summed E-state index contributed by atoms with van der Waals surface area (Å²) in [6, 6.07) is 5.98. The lowest BCUT2D eigenvalue weighted by Gasteiger charge is -2.56. The van der Waals surface area contributed by atoms with Crippen molar-refractivity contribution in [3.63, 3.8) is 0 Å². The number of ketones is 1. The van der Waals surface area contributed by atoms with E-state index in [4.69, 9.17) is 0 Å². The largest absolute Gasteiger partial charge is 0.456 e. The highest BCUT2D eigenvalue weighted by atomic mass is 32.2. The molecule has 0 saturated heterocycles. The molecular formula is C27H29F5O4S. The molecule has 0 aliphatic heterocycles. The predicted octanol–water partition coefficient (Wildman–Crippen LogP) is 5.92. The normalized spacial score (nSPS) is 34.5. The number of rotatable bonds is 3. The van der Waals surface area contributed by atoms with Gasteiger partial charge in [-0.3, -0.25) is 4.79 Å². The highest BCUT2D eigenvalue weighted by Crippen LogP contribution is 2.70. The number of halogens is 5. The first-order valence-corrected chi connectivity index (χ1v) is 14.3. The maximum atomic E-state index is 15.0. The Labute approximate surface area is 212 Å². The smallest absolute Gasteiger partial charge is 0.383 e. The van der Waals surface area contributed by atoms with Gasteiger partial charge in [0.15, 0.2) is 15.6 Å². The second-order valence-electron chi connectivity index (χ2n) is 11.3. The molecule has 5 rings (SSSR count). The summed E-state index contributed by atoms with van der Waals surface area (Å²) in [5.74, 6) is -6.79. The molecular weight excluding hydrogens is 515 g/mol. The molecule has 0 radical (unpaired) electrons. The summed E-state index contributed by atoms with van der Waals surface area (Å²) in [4.78, 5) is 12.2. The second kappa shape index (κ2) is 8.21. The molecule has 10 heteroatoms. The van der Waals surface area contributed by atoms with Gasteiger partial charge in [-0.2, -0.15) is 22.0 Å². The van der Waals surface area contributed by atoms with Gasteiger partial charge in [-0.15, -0.1) is 0 Å². The van der Waals surface area contributed by atoms with Crippen molar-refractivity contribution in [3.8, 4) is 0 Å². The Kier molecular flexibility index (Phi) is 5.89. The van der Waals surface area contributed by atoms with E-state index in [0.717, 1.165) is 23.0 Å². The van der Waals surface area contributed by atoms with Crippen molar-refractivity contribution in [2.75, 3.05) is 6.26 Å². The van der Waals surface area contributed by atoms with E-state index in [1.807, 2.05) is 0 Å². The van der Waals surface area contributed by atoms with Crippen molar-refractivity contribution >= 4 is 15.6 Å². The average Bonchev–Trinajstić information content (AvgIpc) is 3.09. The highest BCUT2D eigenvalue weighted by Gasteiger charge is 2.79. The number of fused-ring (bicyclic) bond motifs is 4. The minimum absolute atomic E-state index is 0.00700. The number of allylic oxidation sites excluding steroid dienone is 4. The summed E-state index contributed by atoms with van der Waals surface area (Å²) in [5.41, 5.74) is -1.62. The van der Waals surface area contributed by atoms with Gasteiger partial charge in [0.05, 0.1) is 4.90 Å². The summed E-state index contributed by atoms with van der Waals surface area (Å²) in [7, 11) is -3.50. The zero-order chi connectivity index (χ0) is 27.2. The number of carbonyl (C=O) groups excluding carboxylic acids is 1. The van der Waals surface area contributed by atoms with E-state index < -0.39 is 51.2 Å². The van der Waals surface area contributed by atoms with Crippen LogP contribution in [0.25, 0.3) is 0 Å². The van der Waals surface area contributed by atoms with Crippen LogP contribution in [0, 0.1) is 17.3 Å². The van der Waals surface area contributed by atoms with E-state index in [1.165, 1.54) is 19.1 Å². The molecule has 0 aromatic heterocycles. The number of alkyl halides is 5.